The molecular formula is C16H14NO. The maximum absolute atomic E-state index is 12.3. The molecule has 3 rings (SSSR count). The molecule has 2 aromatic carbocycles. The largest absolute Gasteiger partial charge is 0.338 e. The van der Waals surface area contributed by atoms with Crippen LogP contribution in [0.1, 0.15) is 16.8 Å². The zero-order valence-corrected chi connectivity index (χ0v) is 10.1. The van der Waals surface area contributed by atoms with Crippen LogP contribution < -0.4 is 0 Å². The molecule has 1 saturated heterocycles. The highest BCUT2D eigenvalue weighted by atomic mass is 16.2. The molecule has 0 aliphatic carbocycles. The zero-order chi connectivity index (χ0) is 12.4. The molecule has 1 fully saturated rings. The average molecular weight is 236 g/mol. The quantitative estimate of drug-likeness (QED) is 0.785. The Morgan fingerprint density at radius 1 is 1.06 bits per heavy atom. The zero-order valence-electron chi connectivity index (χ0n) is 10.1. The van der Waals surface area contributed by atoms with Gasteiger partial charge in [0.05, 0.1) is 0 Å². The number of benzene rings is 2. The third-order valence-electron chi connectivity index (χ3n) is 3.30. The first-order valence-electron chi connectivity index (χ1n) is 6.21. The topological polar surface area (TPSA) is 20.3 Å². The predicted molar refractivity (Wildman–Crippen MR) is 71.2 cm³/mol. The van der Waals surface area contributed by atoms with Crippen molar-refractivity contribution in [2.45, 2.75) is 6.42 Å². The van der Waals surface area contributed by atoms with Crippen molar-refractivity contribution in [3.63, 3.8) is 0 Å². The second-order valence-electron chi connectivity index (χ2n) is 4.47. The lowest BCUT2D eigenvalue weighted by atomic mass is 9.98. The van der Waals surface area contributed by atoms with Crippen LogP contribution in [0.3, 0.4) is 0 Å². The predicted octanol–water partition coefficient (Wildman–Crippen LogP) is 3.00. The van der Waals surface area contributed by atoms with E-state index in [9.17, 15) is 4.79 Å². The fraction of sp³-hybridized carbons (Fsp3) is 0.188. The Labute approximate surface area is 107 Å². The number of amides is 1. The van der Waals surface area contributed by atoms with Crippen molar-refractivity contribution in [1.29, 1.82) is 0 Å². The van der Waals surface area contributed by atoms with Crippen molar-refractivity contribution in [1.82, 2.24) is 4.90 Å². The third kappa shape index (κ3) is 1.90. The molecule has 0 saturated carbocycles. The first-order valence-corrected chi connectivity index (χ1v) is 6.21. The van der Waals surface area contributed by atoms with Crippen LogP contribution in [0.5, 0.6) is 0 Å². The maximum atomic E-state index is 12.3. The summed E-state index contributed by atoms with van der Waals surface area (Å²) in [6.07, 6.45) is 1.12. The van der Waals surface area contributed by atoms with Crippen LogP contribution in [0, 0.1) is 6.07 Å². The minimum atomic E-state index is 0.133. The highest BCUT2D eigenvalue weighted by Crippen LogP contribution is 2.25. The molecule has 0 atom stereocenters. The van der Waals surface area contributed by atoms with Gasteiger partial charge in [-0.15, -0.1) is 0 Å². The Morgan fingerprint density at radius 2 is 1.83 bits per heavy atom. The first kappa shape index (κ1) is 11.0. The molecule has 2 nitrogen and oxygen atoms in total. The van der Waals surface area contributed by atoms with Gasteiger partial charge in [0.2, 0.25) is 0 Å². The van der Waals surface area contributed by atoms with Gasteiger partial charge in [-0.3, -0.25) is 4.79 Å². The van der Waals surface area contributed by atoms with E-state index in [4.69, 9.17) is 0 Å². The molecule has 1 aliphatic heterocycles. The summed E-state index contributed by atoms with van der Waals surface area (Å²) in [5.74, 6) is 0.133. The summed E-state index contributed by atoms with van der Waals surface area (Å²) in [4.78, 5) is 14.2. The van der Waals surface area contributed by atoms with Crippen molar-refractivity contribution in [3.8, 4) is 11.1 Å². The smallest absolute Gasteiger partial charge is 0.254 e. The average Bonchev–Trinajstić information content (AvgIpc) is 2.38. The van der Waals surface area contributed by atoms with Gasteiger partial charge in [-0.05, 0) is 29.7 Å². The molecular weight excluding hydrogens is 222 g/mol. The van der Waals surface area contributed by atoms with Crippen molar-refractivity contribution in [2.75, 3.05) is 13.1 Å². The molecule has 1 heterocycles. The van der Waals surface area contributed by atoms with Gasteiger partial charge in [0.1, 0.15) is 0 Å². The number of nitrogens with zero attached hydrogens (tertiary/aromatic N) is 1. The fourth-order valence-corrected chi connectivity index (χ4v) is 2.16. The molecule has 18 heavy (non-hydrogen) atoms. The van der Waals surface area contributed by atoms with Crippen molar-refractivity contribution in [3.05, 3.63) is 60.2 Å². The van der Waals surface area contributed by atoms with E-state index in [2.05, 4.69) is 6.07 Å². The van der Waals surface area contributed by atoms with Gasteiger partial charge in [0.15, 0.2) is 0 Å². The first-order chi connectivity index (χ1) is 8.86. The molecule has 2 aromatic rings. The fourth-order valence-electron chi connectivity index (χ4n) is 2.16. The van der Waals surface area contributed by atoms with Crippen molar-refractivity contribution in [2.24, 2.45) is 0 Å². The van der Waals surface area contributed by atoms with Crippen LogP contribution in [0.15, 0.2) is 48.5 Å². The second-order valence-corrected chi connectivity index (χ2v) is 4.47. The summed E-state index contributed by atoms with van der Waals surface area (Å²) < 4.78 is 0. The highest BCUT2D eigenvalue weighted by Gasteiger charge is 2.23. The van der Waals surface area contributed by atoms with E-state index in [1.54, 1.807) is 0 Å². The van der Waals surface area contributed by atoms with E-state index >= 15 is 0 Å². The van der Waals surface area contributed by atoms with Gasteiger partial charge in [-0.1, -0.05) is 42.5 Å². The molecule has 0 aromatic heterocycles. The van der Waals surface area contributed by atoms with Crippen LogP contribution >= 0.6 is 0 Å². The SMILES string of the molecule is O=C(c1ccccc1-c1[c]cccc1)N1CCC1. The molecule has 0 spiro atoms. The molecule has 89 valence electrons. The number of rotatable bonds is 2. The number of carbonyl (C=O) groups excluding carboxylic acids is 1. The van der Waals surface area contributed by atoms with Crippen LogP contribution in [0.4, 0.5) is 0 Å². The highest BCUT2D eigenvalue weighted by molar-refractivity contribution is 6.01. The summed E-state index contributed by atoms with van der Waals surface area (Å²) in [7, 11) is 0. The van der Waals surface area contributed by atoms with Crippen molar-refractivity contribution >= 4 is 5.91 Å². The van der Waals surface area contributed by atoms with Crippen LogP contribution in [-0.2, 0) is 0 Å². The Balaban J connectivity index is 2.02. The van der Waals surface area contributed by atoms with E-state index in [1.807, 2.05) is 53.4 Å². The van der Waals surface area contributed by atoms with Gasteiger partial charge in [-0.2, -0.15) is 0 Å². The minimum absolute atomic E-state index is 0.133. The van der Waals surface area contributed by atoms with Gasteiger partial charge >= 0.3 is 0 Å². The number of hydrogen-bond acceptors (Lipinski definition) is 1. The van der Waals surface area contributed by atoms with E-state index in [0.717, 1.165) is 36.2 Å². The molecule has 0 N–H and O–H groups in total. The summed E-state index contributed by atoms with van der Waals surface area (Å²) in [5.41, 5.74) is 2.72. The standard InChI is InChI=1S/C16H14NO/c18-16(17-11-6-12-17)15-10-5-4-9-14(15)13-7-2-1-3-8-13/h1-5,7,9-10H,6,11-12H2. The van der Waals surface area contributed by atoms with Gasteiger partial charge in [-0.25, -0.2) is 0 Å². The molecule has 1 radical (unpaired) electrons. The number of hydrogen-bond donors (Lipinski definition) is 0. The van der Waals surface area contributed by atoms with Crippen LogP contribution in [0.2, 0.25) is 0 Å². The second kappa shape index (κ2) is 4.65. The van der Waals surface area contributed by atoms with Gasteiger partial charge < -0.3 is 4.90 Å². The number of carbonyl (C=O) groups is 1. The monoisotopic (exact) mass is 236 g/mol. The van der Waals surface area contributed by atoms with E-state index in [0.29, 0.717) is 0 Å². The molecule has 1 amide bonds. The summed E-state index contributed by atoms with van der Waals surface area (Å²) >= 11 is 0. The van der Waals surface area contributed by atoms with Gasteiger partial charge in [0.25, 0.3) is 5.91 Å². The Hall–Kier alpha value is -2.09. The van der Waals surface area contributed by atoms with E-state index < -0.39 is 0 Å². The molecule has 2 heteroatoms. The summed E-state index contributed by atoms with van der Waals surface area (Å²) in [5, 5.41) is 0. The summed E-state index contributed by atoms with van der Waals surface area (Å²) in [6.45, 7) is 1.76. The Morgan fingerprint density at radius 3 is 2.50 bits per heavy atom. The number of likely N-dealkylation sites (tertiary alicyclic amines) is 1. The summed E-state index contributed by atoms with van der Waals surface area (Å²) in [6, 6.07) is 18.7. The molecule has 0 bridgehead atoms. The lowest BCUT2D eigenvalue weighted by molar-refractivity contribution is 0.0652. The Kier molecular flexibility index (Phi) is 2.85. The van der Waals surface area contributed by atoms with E-state index in [1.165, 1.54) is 0 Å². The maximum Gasteiger partial charge on any atom is 0.254 e. The normalized spacial score (nSPS) is 14.1. The van der Waals surface area contributed by atoms with Gasteiger partial charge in [0, 0.05) is 18.7 Å². The van der Waals surface area contributed by atoms with E-state index in [-0.39, 0.29) is 5.91 Å². The third-order valence-corrected chi connectivity index (χ3v) is 3.30. The van der Waals surface area contributed by atoms with Crippen molar-refractivity contribution < 1.29 is 4.79 Å². The lowest BCUT2D eigenvalue weighted by Gasteiger charge is -2.31. The van der Waals surface area contributed by atoms with Crippen LogP contribution in [0.25, 0.3) is 11.1 Å². The minimum Gasteiger partial charge on any atom is -0.338 e. The molecule has 0 unspecified atom stereocenters. The lowest BCUT2D eigenvalue weighted by Crippen LogP contribution is -2.42. The van der Waals surface area contributed by atoms with Crippen LogP contribution in [-0.4, -0.2) is 23.9 Å². The molecule has 1 aliphatic rings. The Bertz CT molecular complexity index is 558.